The first-order valence-corrected chi connectivity index (χ1v) is 10.4. The van der Waals surface area contributed by atoms with E-state index in [9.17, 15) is 0 Å². The molecule has 0 aliphatic rings. The highest BCUT2D eigenvalue weighted by molar-refractivity contribution is 6.05. The summed E-state index contributed by atoms with van der Waals surface area (Å²) < 4.78 is 11.9. The van der Waals surface area contributed by atoms with Crippen molar-refractivity contribution in [2.45, 2.75) is 0 Å². The van der Waals surface area contributed by atoms with Crippen LogP contribution in [0.4, 0.5) is 0 Å². The smallest absolute Gasteiger partial charge is 0.219 e. The van der Waals surface area contributed by atoms with Crippen LogP contribution in [-0.2, 0) is 0 Å². The molecular formula is C28H18N2O2. The average molecular weight is 414 g/mol. The monoisotopic (exact) mass is 414 g/mol. The van der Waals surface area contributed by atoms with Crippen molar-refractivity contribution in [2.75, 3.05) is 0 Å². The fraction of sp³-hybridized carbons (Fsp3) is 0. The van der Waals surface area contributed by atoms with Gasteiger partial charge in [0.05, 0.1) is 11.4 Å². The van der Waals surface area contributed by atoms with Crippen molar-refractivity contribution in [2.24, 2.45) is 0 Å². The Hall–Kier alpha value is -4.44. The van der Waals surface area contributed by atoms with Crippen molar-refractivity contribution in [1.29, 1.82) is 0 Å². The maximum absolute atomic E-state index is 6.05. The third-order valence-electron chi connectivity index (χ3n) is 5.41. The Balaban J connectivity index is 1.36. The molecule has 6 aromatic rings. The maximum Gasteiger partial charge on any atom is 0.219 e. The van der Waals surface area contributed by atoms with E-state index in [1.54, 1.807) is 6.20 Å². The normalized spacial score (nSPS) is 11.1. The summed E-state index contributed by atoms with van der Waals surface area (Å²) in [7, 11) is 0. The van der Waals surface area contributed by atoms with Crippen molar-refractivity contribution in [3.8, 4) is 34.1 Å². The van der Waals surface area contributed by atoms with Crippen LogP contribution in [0.15, 0.2) is 114 Å². The van der Waals surface area contributed by atoms with E-state index in [1.165, 1.54) is 0 Å². The van der Waals surface area contributed by atoms with Crippen LogP contribution in [0.25, 0.3) is 44.5 Å². The molecule has 0 aliphatic heterocycles. The molecule has 0 saturated carbocycles. The zero-order valence-corrected chi connectivity index (χ0v) is 17.1. The third-order valence-corrected chi connectivity index (χ3v) is 5.41. The average Bonchev–Trinajstić information content (AvgIpc) is 3.23. The predicted octanol–water partition coefficient (Wildman–Crippen LogP) is 7.50. The minimum Gasteiger partial charge on any atom is -0.456 e. The highest BCUT2D eigenvalue weighted by Crippen LogP contribution is 2.32. The Morgan fingerprint density at radius 3 is 2.25 bits per heavy atom. The summed E-state index contributed by atoms with van der Waals surface area (Å²) in [5.74, 6) is 1.28. The molecule has 4 heteroatoms. The lowest BCUT2D eigenvalue weighted by molar-refractivity contribution is 0.463. The van der Waals surface area contributed by atoms with Gasteiger partial charge in [0, 0.05) is 34.2 Å². The van der Waals surface area contributed by atoms with Gasteiger partial charge in [-0.1, -0.05) is 48.5 Å². The third kappa shape index (κ3) is 3.38. The minimum atomic E-state index is 0.561. The molecule has 4 nitrogen and oxygen atoms in total. The summed E-state index contributed by atoms with van der Waals surface area (Å²) in [6, 6.07) is 33.9. The number of aromatic nitrogens is 2. The zero-order chi connectivity index (χ0) is 21.3. The van der Waals surface area contributed by atoms with E-state index in [4.69, 9.17) is 14.1 Å². The molecule has 0 atom stereocenters. The lowest BCUT2D eigenvalue weighted by Gasteiger charge is -2.08. The quantitative estimate of drug-likeness (QED) is 0.300. The van der Waals surface area contributed by atoms with Crippen LogP contribution in [0.3, 0.4) is 0 Å². The summed E-state index contributed by atoms with van der Waals surface area (Å²) >= 11 is 0. The molecule has 0 fully saturated rings. The summed E-state index contributed by atoms with van der Waals surface area (Å²) in [6.45, 7) is 0. The van der Waals surface area contributed by atoms with E-state index in [2.05, 4.69) is 29.2 Å². The molecule has 32 heavy (non-hydrogen) atoms. The van der Waals surface area contributed by atoms with Crippen LogP contribution in [0.1, 0.15) is 0 Å². The van der Waals surface area contributed by atoms with Crippen LogP contribution in [0.5, 0.6) is 11.6 Å². The molecule has 3 aromatic heterocycles. The van der Waals surface area contributed by atoms with E-state index in [0.717, 1.165) is 50.2 Å². The number of fused-ring (bicyclic) bond motifs is 3. The summed E-state index contributed by atoms with van der Waals surface area (Å²) in [6.07, 6.45) is 1.71. The first-order valence-electron chi connectivity index (χ1n) is 10.4. The number of para-hydroxylation sites is 1. The zero-order valence-electron chi connectivity index (χ0n) is 17.1. The molecule has 3 heterocycles. The number of ether oxygens (including phenoxy) is 1. The van der Waals surface area contributed by atoms with Gasteiger partial charge in [-0.2, -0.15) is 0 Å². The van der Waals surface area contributed by atoms with Gasteiger partial charge in [-0.3, -0.25) is 0 Å². The van der Waals surface area contributed by atoms with Gasteiger partial charge in [-0.25, -0.2) is 9.97 Å². The van der Waals surface area contributed by atoms with E-state index in [1.807, 2.05) is 78.9 Å². The molecule has 0 spiro atoms. The number of hydrogen-bond acceptors (Lipinski definition) is 4. The summed E-state index contributed by atoms with van der Waals surface area (Å²) in [5.41, 5.74) is 5.51. The van der Waals surface area contributed by atoms with Crippen LogP contribution in [0, 0.1) is 0 Å². The van der Waals surface area contributed by atoms with Crippen LogP contribution in [-0.4, -0.2) is 9.97 Å². The minimum absolute atomic E-state index is 0.561. The predicted molar refractivity (Wildman–Crippen MR) is 127 cm³/mol. The lowest BCUT2D eigenvalue weighted by atomic mass is 10.1. The van der Waals surface area contributed by atoms with E-state index in [-0.39, 0.29) is 0 Å². The second-order valence-electron chi connectivity index (χ2n) is 7.52. The van der Waals surface area contributed by atoms with Gasteiger partial charge in [0.1, 0.15) is 16.9 Å². The van der Waals surface area contributed by atoms with Crippen molar-refractivity contribution < 1.29 is 9.15 Å². The van der Waals surface area contributed by atoms with Gasteiger partial charge in [-0.05, 0) is 48.5 Å². The number of pyridine rings is 2. The van der Waals surface area contributed by atoms with Gasteiger partial charge in [0.2, 0.25) is 5.88 Å². The largest absolute Gasteiger partial charge is 0.456 e. The topological polar surface area (TPSA) is 48.2 Å². The molecule has 0 unspecified atom stereocenters. The molecular weight excluding hydrogens is 396 g/mol. The molecule has 0 saturated heterocycles. The Labute approximate surface area is 184 Å². The Morgan fingerprint density at radius 2 is 1.38 bits per heavy atom. The SMILES string of the molecule is c1ccc(Oc2cccc(-c3cccc(-c4ccc5c(c4)oc4ccccc45)n3)c2)nc1. The molecule has 6 rings (SSSR count). The number of rotatable bonds is 4. The number of nitrogens with zero attached hydrogens (tertiary/aromatic N) is 2. The molecule has 0 bridgehead atoms. The molecule has 0 aliphatic carbocycles. The highest BCUT2D eigenvalue weighted by atomic mass is 16.5. The van der Waals surface area contributed by atoms with Crippen molar-refractivity contribution >= 4 is 21.9 Å². The fourth-order valence-corrected chi connectivity index (χ4v) is 3.89. The van der Waals surface area contributed by atoms with E-state index in [0.29, 0.717) is 5.88 Å². The Morgan fingerprint density at radius 1 is 0.594 bits per heavy atom. The molecule has 0 radical (unpaired) electrons. The van der Waals surface area contributed by atoms with Crippen LogP contribution in [0.2, 0.25) is 0 Å². The Bertz CT molecular complexity index is 1550. The van der Waals surface area contributed by atoms with Crippen LogP contribution >= 0.6 is 0 Å². The van der Waals surface area contributed by atoms with Gasteiger partial charge < -0.3 is 9.15 Å². The number of hydrogen-bond donors (Lipinski definition) is 0. The summed E-state index contributed by atoms with van der Waals surface area (Å²) in [4.78, 5) is 9.13. The van der Waals surface area contributed by atoms with Gasteiger partial charge in [0.15, 0.2) is 0 Å². The van der Waals surface area contributed by atoms with Crippen molar-refractivity contribution in [1.82, 2.24) is 9.97 Å². The number of furan rings is 1. The molecule has 0 N–H and O–H groups in total. The van der Waals surface area contributed by atoms with Crippen molar-refractivity contribution in [3.05, 3.63) is 109 Å². The lowest BCUT2D eigenvalue weighted by Crippen LogP contribution is -1.90. The first-order chi connectivity index (χ1) is 15.8. The second-order valence-corrected chi connectivity index (χ2v) is 7.52. The summed E-state index contributed by atoms with van der Waals surface area (Å²) in [5, 5.41) is 2.24. The van der Waals surface area contributed by atoms with Gasteiger partial charge in [-0.15, -0.1) is 0 Å². The first kappa shape index (κ1) is 18.3. The number of benzene rings is 3. The van der Waals surface area contributed by atoms with E-state index >= 15 is 0 Å². The Kier molecular flexibility index (Phi) is 4.40. The van der Waals surface area contributed by atoms with Gasteiger partial charge >= 0.3 is 0 Å². The fourth-order valence-electron chi connectivity index (χ4n) is 3.89. The van der Waals surface area contributed by atoms with E-state index < -0.39 is 0 Å². The molecule has 0 amide bonds. The standard InChI is InChI=1S/C28H18N2O2/c1-2-12-26-22(9-1)23-15-14-20(18-27(23)32-26)25-11-6-10-24(30-25)19-7-5-8-21(17-19)31-28-13-3-4-16-29-28/h1-18H. The molecule has 152 valence electrons. The van der Waals surface area contributed by atoms with Gasteiger partial charge in [0.25, 0.3) is 0 Å². The van der Waals surface area contributed by atoms with Crippen LogP contribution < -0.4 is 4.74 Å². The maximum atomic E-state index is 6.05. The highest BCUT2D eigenvalue weighted by Gasteiger charge is 2.10. The molecule has 3 aromatic carbocycles. The van der Waals surface area contributed by atoms with Crippen molar-refractivity contribution in [3.63, 3.8) is 0 Å². The second kappa shape index (κ2) is 7.67.